The molecule has 0 atom stereocenters. The summed E-state index contributed by atoms with van der Waals surface area (Å²) in [5.74, 6) is -0.128. The molecule has 8 heteroatoms. The molecule has 0 aromatic carbocycles. The number of amides is 1. The molecule has 7 nitrogen and oxygen atoms in total. The molecule has 96 valence electrons. The zero-order chi connectivity index (χ0) is 13.0. The summed E-state index contributed by atoms with van der Waals surface area (Å²) in [6, 6.07) is 0. The largest absolute Gasteiger partial charge is 0.348 e. The summed E-state index contributed by atoms with van der Waals surface area (Å²) >= 11 is 1.57. The molecule has 0 radical (unpaired) electrons. The summed E-state index contributed by atoms with van der Waals surface area (Å²) in [5, 5.41) is 11.3. The maximum atomic E-state index is 11.6. The van der Waals surface area contributed by atoms with Gasteiger partial charge in [-0.25, -0.2) is 9.67 Å². The number of thiazole rings is 1. The molecule has 2 rings (SSSR count). The lowest BCUT2D eigenvalue weighted by atomic mass is 10.5. The van der Waals surface area contributed by atoms with Gasteiger partial charge in [-0.2, -0.15) is 0 Å². The van der Waals surface area contributed by atoms with Crippen LogP contribution in [0.4, 0.5) is 0 Å². The van der Waals surface area contributed by atoms with E-state index in [-0.39, 0.29) is 12.5 Å². The number of hydrogen-bond acceptors (Lipinski definition) is 6. The lowest BCUT2D eigenvalue weighted by molar-refractivity contribution is -0.122. The highest BCUT2D eigenvalue weighted by Crippen LogP contribution is 2.10. The van der Waals surface area contributed by atoms with Gasteiger partial charge in [0.2, 0.25) is 5.91 Å². The van der Waals surface area contributed by atoms with E-state index in [2.05, 4.69) is 20.6 Å². The molecule has 0 saturated heterocycles. The molecule has 0 aliphatic carbocycles. The Morgan fingerprint density at radius 2 is 2.44 bits per heavy atom. The molecule has 0 saturated carbocycles. The average molecular weight is 266 g/mol. The Morgan fingerprint density at radius 1 is 1.61 bits per heavy atom. The lowest BCUT2D eigenvalue weighted by Crippen LogP contribution is -2.27. The van der Waals surface area contributed by atoms with Gasteiger partial charge in [0, 0.05) is 17.6 Å². The van der Waals surface area contributed by atoms with Gasteiger partial charge in [-0.1, -0.05) is 5.21 Å². The second-order valence-electron chi connectivity index (χ2n) is 3.75. The number of rotatable bonds is 5. The van der Waals surface area contributed by atoms with Gasteiger partial charge in [0.25, 0.3) is 0 Å². The number of aromatic nitrogens is 4. The van der Waals surface area contributed by atoms with Crippen molar-refractivity contribution >= 4 is 17.2 Å². The van der Waals surface area contributed by atoms with Crippen LogP contribution in [0.1, 0.15) is 15.6 Å². The van der Waals surface area contributed by atoms with Gasteiger partial charge in [0.15, 0.2) is 0 Å². The van der Waals surface area contributed by atoms with Crippen molar-refractivity contribution in [2.24, 2.45) is 5.73 Å². The van der Waals surface area contributed by atoms with Crippen LogP contribution in [0, 0.1) is 6.92 Å². The third-order valence-electron chi connectivity index (χ3n) is 2.21. The Bertz CT molecular complexity index is 534. The van der Waals surface area contributed by atoms with Crippen LogP contribution < -0.4 is 11.1 Å². The Kier molecular flexibility index (Phi) is 4.00. The van der Waals surface area contributed by atoms with Gasteiger partial charge >= 0.3 is 0 Å². The predicted octanol–water partition coefficient (Wildman–Crippen LogP) is -0.182. The molecular weight excluding hydrogens is 252 g/mol. The highest BCUT2D eigenvalue weighted by atomic mass is 32.1. The molecule has 0 spiro atoms. The minimum absolute atomic E-state index is 0.128. The van der Waals surface area contributed by atoms with Crippen molar-refractivity contribution in [2.75, 3.05) is 0 Å². The summed E-state index contributed by atoms with van der Waals surface area (Å²) < 4.78 is 1.46. The third kappa shape index (κ3) is 3.34. The van der Waals surface area contributed by atoms with E-state index in [9.17, 15) is 4.79 Å². The molecule has 18 heavy (non-hydrogen) atoms. The van der Waals surface area contributed by atoms with Crippen LogP contribution in [0.2, 0.25) is 0 Å². The minimum Gasteiger partial charge on any atom is -0.348 e. The Balaban J connectivity index is 1.81. The van der Waals surface area contributed by atoms with Crippen molar-refractivity contribution in [1.82, 2.24) is 25.3 Å². The third-order valence-corrected chi connectivity index (χ3v) is 3.12. The van der Waals surface area contributed by atoms with Crippen LogP contribution in [0.5, 0.6) is 0 Å². The standard InChI is InChI=1S/C10H14N6OS/c1-7-3-13-10(18-7)4-12-9(17)6-16-5-8(2-11)14-15-16/h3,5H,2,4,6,11H2,1H3,(H,12,17). The monoisotopic (exact) mass is 266 g/mol. The molecular formula is C10H14N6OS. The molecule has 3 N–H and O–H groups in total. The fourth-order valence-electron chi connectivity index (χ4n) is 1.37. The van der Waals surface area contributed by atoms with Crippen molar-refractivity contribution in [2.45, 2.75) is 26.6 Å². The Labute approximate surface area is 108 Å². The van der Waals surface area contributed by atoms with E-state index in [0.29, 0.717) is 18.8 Å². The van der Waals surface area contributed by atoms with Crippen molar-refractivity contribution in [3.63, 3.8) is 0 Å². The van der Waals surface area contributed by atoms with Crippen LogP contribution in [0.25, 0.3) is 0 Å². The number of carbonyl (C=O) groups excluding carboxylic acids is 1. The normalized spacial score (nSPS) is 10.6. The summed E-state index contributed by atoms with van der Waals surface area (Å²) in [5.41, 5.74) is 6.07. The van der Waals surface area contributed by atoms with E-state index in [1.807, 2.05) is 6.92 Å². The maximum absolute atomic E-state index is 11.6. The number of nitrogens with two attached hydrogens (primary N) is 1. The molecule has 0 aliphatic rings. The van der Waals surface area contributed by atoms with E-state index >= 15 is 0 Å². The summed E-state index contributed by atoms with van der Waals surface area (Å²) in [4.78, 5) is 16.9. The first-order valence-corrected chi connectivity index (χ1v) is 6.26. The van der Waals surface area contributed by atoms with Gasteiger partial charge < -0.3 is 11.1 Å². The number of nitrogens with one attached hydrogen (secondary N) is 1. The summed E-state index contributed by atoms with van der Waals surface area (Å²) in [6.45, 7) is 2.87. The lowest BCUT2D eigenvalue weighted by Gasteiger charge is -2.02. The maximum Gasteiger partial charge on any atom is 0.242 e. The second kappa shape index (κ2) is 5.69. The van der Waals surface area contributed by atoms with Crippen molar-refractivity contribution in [1.29, 1.82) is 0 Å². The van der Waals surface area contributed by atoms with Gasteiger partial charge in [-0.15, -0.1) is 16.4 Å². The van der Waals surface area contributed by atoms with Crippen LogP contribution in [-0.4, -0.2) is 25.9 Å². The second-order valence-corrected chi connectivity index (χ2v) is 5.07. The van der Waals surface area contributed by atoms with Crippen molar-refractivity contribution < 1.29 is 4.79 Å². The summed E-state index contributed by atoms with van der Waals surface area (Å²) in [7, 11) is 0. The van der Waals surface area contributed by atoms with E-state index in [1.54, 1.807) is 23.7 Å². The van der Waals surface area contributed by atoms with Gasteiger partial charge in [-0.3, -0.25) is 4.79 Å². The number of aryl methyl sites for hydroxylation is 1. The molecule has 2 aromatic heterocycles. The molecule has 0 fully saturated rings. The fourth-order valence-corrected chi connectivity index (χ4v) is 2.10. The van der Waals surface area contributed by atoms with Crippen molar-refractivity contribution in [3.05, 3.63) is 28.0 Å². The van der Waals surface area contributed by atoms with E-state index < -0.39 is 0 Å². The molecule has 2 heterocycles. The Hall–Kier alpha value is -1.80. The SMILES string of the molecule is Cc1cnc(CNC(=O)Cn2cc(CN)nn2)s1. The summed E-state index contributed by atoms with van der Waals surface area (Å²) in [6.07, 6.45) is 3.45. The first-order valence-electron chi connectivity index (χ1n) is 5.44. The van der Waals surface area contributed by atoms with Crippen LogP contribution in [-0.2, 0) is 24.4 Å². The zero-order valence-corrected chi connectivity index (χ0v) is 10.8. The first kappa shape index (κ1) is 12.7. The fraction of sp³-hybridized carbons (Fsp3) is 0.400. The molecule has 0 aliphatic heterocycles. The number of hydrogen-bond donors (Lipinski definition) is 2. The molecule has 1 amide bonds. The number of nitrogens with zero attached hydrogens (tertiary/aromatic N) is 4. The molecule has 0 unspecified atom stereocenters. The quantitative estimate of drug-likeness (QED) is 0.782. The van der Waals surface area contributed by atoms with Gasteiger partial charge in [0.1, 0.15) is 11.6 Å². The zero-order valence-electron chi connectivity index (χ0n) is 9.96. The van der Waals surface area contributed by atoms with Gasteiger partial charge in [-0.05, 0) is 6.92 Å². The van der Waals surface area contributed by atoms with Crippen LogP contribution in [0.15, 0.2) is 12.4 Å². The Morgan fingerprint density at radius 3 is 3.06 bits per heavy atom. The smallest absolute Gasteiger partial charge is 0.242 e. The highest BCUT2D eigenvalue weighted by molar-refractivity contribution is 7.11. The van der Waals surface area contributed by atoms with Crippen molar-refractivity contribution in [3.8, 4) is 0 Å². The number of carbonyl (C=O) groups is 1. The van der Waals surface area contributed by atoms with E-state index in [4.69, 9.17) is 5.73 Å². The van der Waals surface area contributed by atoms with Crippen LogP contribution in [0.3, 0.4) is 0 Å². The molecule has 0 bridgehead atoms. The highest BCUT2D eigenvalue weighted by Gasteiger charge is 2.06. The first-order chi connectivity index (χ1) is 8.67. The predicted molar refractivity (Wildman–Crippen MR) is 66.6 cm³/mol. The minimum atomic E-state index is -0.128. The average Bonchev–Trinajstić information content (AvgIpc) is 2.95. The van der Waals surface area contributed by atoms with E-state index in [1.165, 1.54) is 4.68 Å². The topological polar surface area (TPSA) is 98.7 Å². The molecule has 2 aromatic rings. The van der Waals surface area contributed by atoms with E-state index in [0.717, 1.165) is 9.88 Å². The van der Waals surface area contributed by atoms with Crippen LogP contribution >= 0.6 is 11.3 Å². The van der Waals surface area contributed by atoms with Gasteiger partial charge in [0.05, 0.1) is 18.4 Å².